The predicted octanol–water partition coefficient (Wildman–Crippen LogP) is 1.02. The van der Waals surface area contributed by atoms with Crippen LogP contribution in [0.5, 0.6) is 0 Å². The molecule has 4 nitrogen and oxygen atoms in total. The van der Waals surface area contributed by atoms with Gasteiger partial charge in [0, 0.05) is 32.2 Å². The normalized spacial score (nSPS) is 27.1. The van der Waals surface area contributed by atoms with Gasteiger partial charge in [-0.15, -0.1) is 0 Å². The molecule has 2 fully saturated rings. The molecule has 1 atom stereocenters. The number of amides is 2. The Bertz CT molecular complexity index is 226. The molecule has 2 rings (SSSR count). The molecule has 2 N–H and O–H groups in total. The Morgan fingerprint density at radius 3 is 2.53 bits per heavy atom. The highest BCUT2D eigenvalue weighted by molar-refractivity contribution is 5.75. The number of nitrogens with two attached hydrogens (primary N) is 1. The topological polar surface area (TPSA) is 49.6 Å². The second-order valence-electron chi connectivity index (χ2n) is 4.56. The fraction of sp³-hybridized carbons (Fsp3) is 0.909. The van der Waals surface area contributed by atoms with Gasteiger partial charge in [-0.1, -0.05) is 0 Å². The molecule has 0 aliphatic carbocycles. The van der Waals surface area contributed by atoms with Crippen LogP contribution in [-0.2, 0) is 0 Å². The van der Waals surface area contributed by atoms with Gasteiger partial charge < -0.3 is 15.5 Å². The molecule has 0 spiro atoms. The van der Waals surface area contributed by atoms with Crippen molar-refractivity contribution in [2.75, 3.05) is 26.2 Å². The third-order valence-electron chi connectivity index (χ3n) is 3.52. The standard InChI is InChI=1S/C11H21N3O/c12-9-10-5-4-8-14(10)11(15)13-6-2-1-3-7-13/h10H,1-9,12H2. The molecule has 0 aromatic rings. The third-order valence-corrected chi connectivity index (χ3v) is 3.52. The molecular formula is C11H21N3O. The van der Waals surface area contributed by atoms with E-state index in [4.69, 9.17) is 5.73 Å². The number of likely N-dealkylation sites (tertiary alicyclic amines) is 2. The van der Waals surface area contributed by atoms with Gasteiger partial charge in [-0.25, -0.2) is 4.79 Å². The molecule has 0 aromatic heterocycles. The van der Waals surface area contributed by atoms with Gasteiger partial charge >= 0.3 is 6.03 Å². The van der Waals surface area contributed by atoms with E-state index >= 15 is 0 Å². The highest BCUT2D eigenvalue weighted by Gasteiger charge is 2.31. The monoisotopic (exact) mass is 211 g/mol. The van der Waals surface area contributed by atoms with E-state index in [-0.39, 0.29) is 6.03 Å². The smallest absolute Gasteiger partial charge is 0.320 e. The Kier molecular flexibility index (Phi) is 3.46. The molecule has 2 amide bonds. The Morgan fingerprint density at radius 1 is 1.13 bits per heavy atom. The fourth-order valence-electron chi connectivity index (χ4n) is 2.60. The minimum Gasteiger partial charge on any atom is -0.328 e. The summed E-state index contributed by atoms with van der Waals surface area (Å²) in [5, 5.41) is 0. The summed E-state index contributed by atoms with van der Waals surface area (Å²) >= 11 is 0. The molecule has 86 valence electrons. The van der Waals surface area contributed by atoms with Gasteiger partial charge in [0.25, 0.3) is 0 Å². The zero-order valence-electron chi connectivity index (χ0n) is 9.32. The van der Waals surface area contributed by atoms with Crippen molar-refractivity contribution in [2.24, 2.45) is 5.73 Å². The number of nitrogens with zero attached hydrogens (tertiary/aromatic N) is 2. The van der Waals surface area contributed by atoms with E-state index in [1.807, 2.05) is 9.80 Å². The lowest BCUT2D eigenvalue weighted by Crippen LogP contribution is -2.49. The molecule has 2 heterocycles. The Morgan fingerprint density at radius 2 is 1.87 bits per heavy atom. The van der Waals surface area contributed by atoms with Gasteiger partial charge in [-0.2, -0.15) is 0 Å². The number of carbonyl (C=O) groups is 1. The van der Waals surface area contributed by atoms with Gasteiger partial charge in [0.1, 0.15) is 0 Å². The molecular weight excluding hydrogens is 190 g/mol. The summed E-state index contributed by atoms with van der Waals surface area (Å²) in [5.74, 6) is 0. The number of hydrogen-bond acceptors (Lipinski definition) is 2. The highest BCUT2D eigenvalue weighted by atomic mass is 16.2. The number of carbonyl (C=O) groups excluding carboxylic acids is 1. The Hall–Kier alpha value is -0.770. The number of rotatable bonds is 1. The summed E-state index contributed by atoms with van der Waals surface area (Å²) in [6.07, 6.45) is 5.78. The van der Waals surface area contributed by atoms with Crippen LogP contribution in [0.15, 0.2) is 0 Å². The van der Waals surface area contributed by atoms with E-state index in [1.165, 1.54) is 6.42 Å². The van der Waals surface area contributed by atoms with Gasteiger partial charge in [-0.3, -0.25) is 0 Å². The van der Waals surface area contributed by atoms with E-state index in [0.29, 0.717) is 12.6 Å². The number of piperidine rings is 1. The van der Waals surface area contributed by atoms with Crippen molar-refractivity contribution in [3.05, 3.63) is 0 Å². The molecule has 0 aromatic carbocycles. The first-order valence-corrected chi connectivity index (χ1v) is 6.08. The SMILES string of the molecule is NCC1CCCN1C(=O)N1CCCCC1. The quantitative estimate of drug-likeness (QED) is 0.704. The molecule has 15 heavy (non-hydrogen) atoms. The van der Waals surface area contributed by atoms with E-state index in [1.54, 1.807) is 0 Å². The van der Waals surface area contributed by atoms with Crippen LogP contribution < -0.4 is 5.73 Å². The number of urea groups is 1. The first-order valence-electron chi connectivity index (χ1n) is 6.08. The van der Waals surface area contributed by atoms with Crippen molar-refractivity contribution in [1.82, 2.24) is 9.80 Å². The van der Waals surface area contributed by atoms with Crippen LogP contribution in [-0.4, -0.2) is 48.1 Å². The maximum Gasteiger partial charge on any atom is 0.320 e. The second-order valence-corrected chi connectivity index (χ2v) is 4.56. The minimum atomic E-state index is 0.225. The molecule has 0 radical (unpaired) electrons. The van der Waals surface area contributed by atoms with Crippen LogP contribution in [0.4, 0.5) is 4.79 Å². The minimum absolute atomic E-state index is 0.225. The van der Waals surface area contributed by atoms with Gasteiger partial charge in [0.2, 0.25) is 0 Å². The molecule has 0 bridgehead atoms. The van der Waals surface area contributed by atoms with Gasteiger partial charge in [0.05, 0.1) is 0 Å². The lowest BCUT2D eigenvalue weighted by atomic mass is 10.1. The summed E-state index contributed by atoms with van der Waals surface area (Å²) in [6, 6.07) is 0.516. The fourth-order valence-corrected chi connectivity index (χ4v) is 2.60. The van der Waals surface area contributed by atoms with Crippen LogP contribution >= 0.6 is 0 Å². The van der Waals surface area contributed by atoms with Gasteiger partial charge in [0.15, 0.2) is 0 Å². The summed E-state index contributed by atoms with van der Waals surface area (Å²) in [6.45, 7) is 3.38. The first-order chi connectivity index (χ1) is 7.33. The summed E-state index contributed by atoms with van der Waals surface area (Å²) in [7, 11) is 0. The molecule has 2 aliphatic heterocycles. The summed E-state index contributed by atoms with van der Waals surface area (Å²) in [5.41, 5.74) is 5.68. The summed E-state index contributed by atoms with van der Waals surface area (Å²) < 4.78 is 0. The Balaban J connectivity index is 1.93. The van der Waals surface area contributed by atoms with Crippen molar-refractivity contribution in [1.29, 1.82) is 0 Å². The average Bonchev–Trinajstić information content (AvgIpc) is 2.77. The van der Waals surface area contributed by atoms with E-state index < -0.39 is 0 Å². The van der Waals surface area contributed by atoms with Crippen LogP contribution in [0.2, 0.25) is 0 Å². The number of hydrogen-bond donors (Lipinski definition) is 1. The molecule has 0 saturated carbocycles. The van der Waals surface area contributed by atoms with Gasteiger partial charge in [-0.05, 0) is 32.1 Å². The van der Waals surface area contributed by atoms with E-state index in [9.17, 15) is 4.79 Å². The van der Waals surface area contributed by atoms with Crippen molar-refractivity contribution in [3.63, 3.8) is 0 Å². The maximum absolute atomic E-state index is 12.2. The molecule has 4 heteroatoms. The maximum atomic E-state index is 12.2. The van der Waals surface area contributed by atoms with Crippen molar-refractivity contribution >= 4 is 6.03 Å². The summed E-state index contributed by atoms with van der Waals surface area (Å²) in [4.78, 5) is 16.1. The van der Waals surface area contributed by atoms with Crippen LogP contribution in [0.25, 0.3) is 0 Å². The van der Waals surface area contributed by atoms with Crippen LogP contribution in [0.3, 0.4) is 0 Å². The third kappa shape index (κ3) is 2.25. The zero-order valence-corrected chi connectivity index (χ0v) is 9.32. The second kappa shape index (κ2) is 4.84. The highest BCUT2D eigenvalue weighted by Crippen LogP contribution is 2.20. The Labute approximate surface area is 91.4 Å². The van der Waals surface area contributed by atoms with E-state index in [0.717, 1.165) is 45.3 Å². The lowest BCUT2D eigenvalue weighted by molar-refractivity contribution is 0.140. The van der Waals surface area contributed by atoms with Crippen molar-refractivity contribution in [3.8, 4) is 0 Å². The predicted molar refractivity (Wildman–Crippen MR) is 59.6 cm³/mol. The molecule has 2 aliphatic rings. The largest absolute Gasteiger partial charge is 0.328 e. The van der Waals surface area contributed by atoms with Crippen LogP contribution in [0.1, 0.15) is 32.1 Å². The first kappa shape index (κ1) is 10.7. The molecule has 2 saturated heterocycles. The van der Waals surface area contributed by atoms with Crippen LogP contribution in [0, 0.1) is 0 Å². The zero-order chi connectivity index (χ0) is 10.7. The van der Waals surface area contributed by atoms with Crippen molar-refractivity contribution < 1.29 is 4.79 Å². The lowest BCUT2D eigenvalue weighted by Gasteiger charge is -2.33. The average molecular weight is 211 g/mol. The van der Waals surface area contributed by atoms with Crippen molar-refractivity contribution in [2.45, 2.75) is 38.1 Å². The van der Waals surface area contributed by atoms with E-state index in [2.05, 4.69) is 0 Å². The molecule has 1 unspecified atom stereocenters.